The van der Waals surface area contributed by atoms with Crippen molar-refractivity contribution in [1.29, 1.82) is 0 Å². The van der Waals surface area contributed by atoms with Crippen LogP contribution in [0.25, 0.3) is 0 Å². The lowest BCUT2D eigenvalue weighted by Crippen LogP contribution is -2.32. The molecule has 3 N–H and O–H groups in total. The second kappa shape index (κ2) is 9.30. The first-order valence-electron chi connectivity index (χ1n) is 8.15. The van der Waals surface area contributed by atoms with Crippen molar-refractivity contribution in [1.82, 2.24) is 5.32 Å². The van der Waals surface area contributed by atoms with E-state index in [1.54, 1.807) is 0 Å². The van der Waals surface area contributed by atoms with E-state index in [1.807, 2.05) is 31.2 Å². The van der Waals surface area contributed by atoms with Gasteiger partial charge in [-0.2, -0.15) is 0 Å². The fourth-order valence-electron chi connectivity index (χ4n) is 2.18. The molecule has 1 aromatic carbocycles. The van der Waals surface area contributed by atoms with Crippen molar-refractivity contribution < 1.29 is 9.47 Å². The molecule has 1 aliphatic rings. The summed E-state index contributed by atoms with van der Waals surface area (Å²) in [7, 11) is 0. The molecule has 2 rings (SSSR count). The van der Waals surface area contributed by atoms with Crippen LogP contribution in [-0.4, -0.2) is 31.8 Å². The Balaban J connectivity index is 1.78. The molecule has 0 unspecified atom stereocenters. The molecule has 22 heavy (non-hydrogen) atoms. The summed E-state index contributed by atoms with van der Waals surface area (Å²) >= 11 is 0. The Kier molecular flexibility index (Phi) is 7.03. The average molecular weight is 305 g/mol. The highest BCUT2D eigenvalue weighted by Gasteiger charge is 2.19. The topological polar surface area (TPSA) is 68.9 Å². The highest BCUT2D eigenvalue weighted by molar-refractivity contribution is 5.77. The number of nitrogens with two attached hydrogens (primary N) is 1. The molecule has 0 amide bonds. The Morgan fingerprint density at radius 3 is 2.91 bits per heavy atom. The molecule has 5 nitrogen and oxygen atoms in total. The lowest BCUT2D eigenvalue weighted by Gasteiger charge is -2.27. The van der Waals surface area contributed by atoms with Crippen LogP contribution in [0, 0.1) is 0 Å². The summed E-state index contributed by atoms with van der Waals surface area (Å²) in [6.45, 7) is 4.80. The average Bonchev–Trinajstić information content (AvgIpc) is 2.49. The first kappa shape index (κ1) is 16.6. The molecule has 0 saturated heterocycles. The Labute approximate surface area is 132 Å². The summed E-state index contributed by atoms with van der Waals surface area (Å²) in [6, 6.07) is 8.05. The third-order valence-corrected chi connectivity index (χ3v) is 3.71. The van der Waals surface area contributed by atoms with Gasteiger partial charge >= 0.3 is 0 Å². The van der Waals surface area contributed by atoms with Gasteiger partial charge in [0.05, 0.1) is 12.6 Å². The number of para-hydroxylation sites is 1. The minimum atomic E-state index is 0.374. The number of nitrogens with zero attached hydrogens (tertiary/aromatic N) is 1. The van der Waals surface area contributed by atoms with Gasteiger partial charge < -0.3 is 20.5 Å². The van der Waals surface area contributed by atoms with Crippen LogP contribution in [-0.2, 0) is 11.3 Å². The molecule has 1 fully saturated rings. The Morgan fingerprint density at radius 2 is 2.18 bits per heavy atom. The van der Waals surface area contributed by atoms with Crippen molar-refractivity contribution in [3.63, 3.8) is 0 Å². The van der Waals surface area contributed by atoms with Gasteiger partial charge in [-0.15, -0.1) is 0 Å². The van der Waals surface area contributed by atoms with Crippen molar-refractivity contribution in [3.05, 3.63) is 29.8 Å². The van der Waals surface area contributed by atoms with Crippen LogP contribution in [0.2, 0.25) is 0 Å². The smallest absolute Gasteiger partial charge is 0.188 e. The monoisotopic (exact) mass is 305 g/mol. The van der Waals surface area contributed by atoms with E-state index in [0.717, 1.165) is 50.3 Å². The lowest BCUT2D eigenvalue weighted by atomic mass is 9.96. The quantitative estimate of drug-likeness (QED) is 0.418. The van der Waals surface area contributed by atoms with E-state index in [4.69, 9.17) is 15.2 Å². The zero-order chi connectivity index (χ0) is 15.6. The van der Waals surface area contributed by atoms with Crippen LogP contribution in [0.4, 0.5) is 0 Å². The largest absolute Gasteiger partial charge is 0.490 e. The number of hydrogen-bond acceptors (Lipinski definition) is 3. The molecule has 122 valence electrons. The van der Waals surface area contributed by atoms with Gasteiger partial charge in [-0.25, -0.2) is 4.99 Å². The van der Waals surface area contributed by atoms with Gasteiger partial charge in [-0.05, 0) is 38.7 Å². The van der Waals surface area contributed by atoms with E-state index < -0.39 is 0 Å². The number of aliphatic imine (C=N–C) groups is 1. The van der Waals surface area contributed by atoms with Gasteiger partial charge in [0.1, 0.15) is 5.75 Å². The van der Waals surface area contributed by atoms with Gasteiger partial charge in [0.2, 0.25) is 0 Å². The van der Waals surface area contributed by atoms with Crippen LogP contribution in [0.3, 0.4) is 0 Å². The molecular weight excluding hydrogens is 278 g/mol. The van der Waals surface area contributed by atoms with Gasteiger partial charge in [0.15, 0.2) is 5.96 Å². The zero-order valence-electron chi connectivity index (χ0n) is 13.4. The van der Waals surface area contributed by atoms with Crippen molar-refractivity contribution in [2.24, 2.45) is 10.7 Å². The molecule has 1 aromatic rings. The number of nitrogens with one attached hydrogen (secondary N) is 1. The maximum Gasteiger partial charge on any atom is 0.188 e. The highest BCUT2D eigenvalue weighted by Crippen LogP contribution is 2.27. The second-order valence-electron chi connectivity index (χ2n) is 5.46. The fraction of sp³-hybridized carbons (Fsp3) is 0.588. The number of benzene rings is 1. The minimum Gasteiger partial charge on any atom is -0.490 e. The van der Waals surface area contributed by atoms with Crippen molar-refractivity contribution in [2.75, 3.05) is 19.8 Å². The molecule has 5 heteroatoms. The van der Waals surface area contributed by atoms with E-state index in [-0.39, 0.29) is 0 Å². The number of rotatable bonds is 9. The lowest BCUT2D eigenvalue weighted by molar-refractivity contribution is 0.119. The van der Waals surface area contributed by atoms with E-state index in [9.17, 15) is 0 Å². The standard InChI is InChI=1S/C17H27N3O2/c1-2-21-12-6-11-19-17(18)20-13-14-7-3-4-10-16(14)22-15-8-5-9-15/h3-4,7,10,15H,2,5-6,8-9,11-13H2,1H3,(H3,18,19,20). The predicted molar refractivity (Wildman–Crippen MR) is 89.1 cm³/mol. The molecule has 0 aromatic heterocycles. The zero-order valence-corrected chi connectivity index (χ0v) is 13.4. The number of hydrogen-bond donors (Lipinski definition) is 2. The molecule has 1 aliphatic carbocycles. The van der Waals surface area contributed by atoms with Gasteiger partial charge in [0.25, 0.3) is 0 Å². The summed E-state index contributed by atoms with van der Waals surface area (Å²) in [5.74, 6) is 1.40. The van der Waals surface area contributed by atoms with Crippen LogP contribution < -0.4 is 15.8 Å². The number of ether oxygens (including phenoxy) is 2. The van der Waals surface area contributed by atoms with E-state index in [0.29, 0.717) is 18.6 Å². The van der Waals surface area contributed by atoms with E-state index in [1.165, 1.54) is 6.42 Å². The molecule has 1 saturated carbocycles. The molecule has 0 radical (unpaired) electrons. The van der Waals surface area contributed by atoms with E-state index >= 15 is 0 Å². The maximum atomic E-state index is 5.99. The van der Waals surface area contributed by atoms with E-state index in [2.05, 4.69) is 10.3 Å². The first-order valence-corrected chi connectivity index (χ1v) is 8.15. The first-order chi connectivity index (χ1) is 10.8. The van der Waals surface area contributed by atoms with Crippen LogP contribution in [0.1, 0.15) is 38.2 Å². The normalized spacial score (nSPS) is 15.4. The summed E-state index contributed by atoms with van der Waals surface area (Å²) in [5, 5.41) is 3.10. The molecule has 0 spiro atoms. The Bertz CT molecular complexity index is 473. The third-order valence-electron chi connectivity index (χ3n) is 3.71. The Morgan fingerprint density at radius 1 is 1.36 bits per heavy atom. The van der Waals surface area contributed by atoms with Crippen molar-refractivity contribution >= 4 is 5.96 Å². The molecule has 0 atom stereocenters. The van der Waals surface area contributed by atoms with Crippen molar-refractivity contribution in [2.45, 2.75) is 45.3 Å². The molecule has 0 bridgehead atoms. The van der Waals surface area contributed by atoms with Gasteiger partial charge in [-0.3, -0.25) is 0 Å². The van der Waals surface area contributed by atoms with Gasteiger partial charge in [-0.1, -0.05) is 18.2 Å². The van der Waals surface area contributed by atoms with Crippen LogP contribution in [0.5, 0.6) is 5.75 Å². The highest BCUT2D eigenvalue weighted by atomic mass is 16.5. The van der Waals surface area contributed by atoms with Crippen molar-refractivity contribution in [3.8, 4) is 5.75 Å². The summed E-state index contributed by atoms with van der Waals surface area (Å²) in [6.07, 6.45) is 4.87. The van der Waals surface area contributed by atoms with Crippen LogP contribution >= 0.6 is 0 Å². The summed E-state index contributed by atoms with van der Waals surface area (Å²) < 4.78 is 11.3. The Hall–Kier alpha value is -1.75. The third kappa shape index (κ3) is 5.56. The molecule has 0 aliphatic heterocycles. The molecular formula is C17H27N3O2. The SMILES string of the molecule is CCOCCCNC(N)=NCc1ccccc1OC1CCC1. The minimum absolute atomic E-state index is 0.374. The predicted octanol–water partition coefficient (Wildman–Crippen LogP) is 2.45. The second-order valence-corrected chi connectivity index (χ2v) is 5.46. The summed E-state index contributed by atoms with van der Waals surface area (Å²) in [4.78, 5) is 4.39. The molecule has 0 heterocycles. The number of guanidine groups is 1. The maximum absolute atomic E-state index is 5.99. The fourth-order valence-corrected chi connectivity index (χ4v) is 2.18. The summed E-state index contributed by atoms with van der Waals surface area (Å²) in [5.41, 5.74) is 6.96. The van der Waals surface area contributed by atoms with Crippen LogP contribution in [0.15, 0.2) is 29.3 Å². The van der Waals surface area contributed by atoms with Gasteiger partial charge in [0, 0.05) is 25.3 Å².